The maximum Gasteiger partial charge on any atom is 0.408 e. The molecule has 150 valence electrons. The Kier molecular flexibility index (Phi) is 8.15. The van der Waals surface area contributed by atoms with Crippen LogP contribution in [0.3, 0.4) is 0 Å². The number of carbonyl (C=O) groups excluding carboxylic acids is 1. The van der Waals surface area contributed by atoms with Crippen molar-refractivity contribution in [2.75, 3.05) is 12.9 Å². The summed E-state index contributed by atoms with van der Waals surface area (Å²) in [5.41, 5.74) is -0.657. The van der Waals surface area contributed by atoms with Crippen molar-refractivity contribution in [3.8, 4) is 0 Å². The van der Waals surface area contributed by atoms with Crippen LogP contribution >= 0.6 is 0 Å². The van der Waals surface area contributed by atoms with Crippen molar-refractivity contribution in [2.45, 2.75) is 84.3 Å². The fourth-order valence-electron chi connectivity index (χ4n) is 1.61. The van der Waals surface area contributed by atoms with Crippen LogP contribution in [0.2, 0.25) is 18.1 Å². The summed E-state index contributed by atoms with van der Waals surface area (Å²) in [5.74, 6) is 0. The lowest BCUT2D eigenvalue weighted by Gasteiger charge is -2.38. The minimum atomic E-state index is -3.66. The molecule has 0 fully saturated rings. The average Bonchev–Trinajstić information content (AvgIpc) is 2.28. The first-order valence-electron chi connectivity index (χ1n) is 8.36. The van der Waals surface area contributed by atoms with Gasteiger partial charge in [-0.1, -0.05) is 20.8 Å². The largest absolute Gasteiger partial charge is 0.444 e. The highest BCUT2D eigenvalue weighted by molar-refractivity contribution is 7.86. The Bertz CT molecular complexity index is 548. The number of ether oxygens (including phenoxy) is 1. The molecule has 0 aliphatic rings. The third-order valence-corrected chi connectivity index (χ3v) is 9.18. The molecule has 7 nitrogen and oxygen atoms in total. The van der Waals surface area contributed by atoms with Crippen molar-refractivity contribution < 1.29 is 26.6 Å². The van der Waals surface area contributed by atoms with Gasteiger partial charge in [0.2, 0.25) is 0 Å². The van der Waals surface area contributed by atoms with Crippen LogP contribution in [0.4, 0.5) is 4.79 Å². The summed E-state index contributed by atoms with van der Waals surface area (Å²) in [4.78, 5) is 12.1. The monoisotopic (exact) mass is 397 g/mol. The summed E-state index contributed by atoms with van der Waals surface area (Å²) in [7, 11) is -5.72. The standard InChI is InChI=1S/C16H35NO6SSi/c1-12(23-24(8,19)20)13(17-14(18)22-15(2,3)4)11-21-25(9,10)16(5,6)7/h12-13H,11H2,1-10H3,(H,17,18)/t12-,13+/m0/s1. The molecule has 0 heterocycles. The van der Waals surface area contributed by atoms with E-state index in [4.69, 9.17) is 13.3 Å². The second-order valence-electron chi connectivity index (χ2n) is 8.83. The van der Waals surface area contributed by atoms with Gasteiger partial charge in [-0.05, 0) is 45.8 Å². The number of rotatable bonds is 7. The summed E-state index contributed by atoms with van der Waals surface area (Å²) < 4.78 is 39.2. The normalized spacial score (nSPS) is 16.2. The molecule has 0 saturated heterocycles. The Hall–Kier alpha value is -0.643. The summed E-state index contributed by atoms with van der Waals surface area (Å²) >= 11 is 0. The Labute approximate surface area is 154 Å². The topological polar surface area (TPSA) is 90.9 Å². The van der Waals surface area contributed by atoms with Crippen LogP contribution in [-0.4, -0.2) is 53.4 Å². The highest BCUT2D eigenvalue weighted by Gasteiger charge is 2.38. The molecule has 0 aliphatic carbocycles. The van der Waals surface area contributed by atoms with E-state index in [9.17, 15) is 13.2 Å². The first-order valence-corrected chi connectivity index (χ1v) is 13.1. The zero-order chi connectivity index (χ0) is 20.3. The van der Waals surface area contributed by atoms with Crippen LogP contribution in [0, 0.1) is 0 Å². The average molecular weight is 398 g/mol. The molecule has 2 atom stereocenters. The van der Waals surface area contributed by atoms with E-state index in [1.54, 1.807) is 27.7 Å². The lowest BCUT2D eigenvalue weighted by Crippen LogP contribution is -2.51. The smallest absolute Gasteiger partial charge is 0.408 e. The van der Waals surface area contributed by atoms with Crippen LogP contribution in [-0.2, 0) is 23.5 Å². The third-order valence-electron chi connectivity index (χ3n) is 4.03. The quantitative estimate of drug-likeness (QED) is 0.524. The van der Waals surface area contributed by atoms with Crippen LogP contribution < -0.4 is 5.32 Å². The Morgan fingerprint density at radius 2 is 1.60 bits per heavy atom. The van der Waals surface area contributed by atoms with E-state index < -0.39 is 42.3 Å². The van der Waals surface area contributed by atoms with E-state index in [1.807, 2.05) is 0 Å². The highest BCUT2D eigenvalue weighted by atomic mass is 32.2. The summed E-state index contributed by atoms with van der Waals surface area (Å²) in [6.07, 6.45) is -0.449. The lowest BCUT2D eigenvalue weighted by atomic mass is 10.2. The van der Waals surface area contributed by atoms with Crippen molar-refractivity contribution in [3.05, 3.63) is 0 Å². The van der Waals surface area contributed by atoms with Crippen LogP contribution in [0.25, 0.3) is 0 Å². The van der Waals surface area contributed by atoms with Crippen molar-refractivity contribution >= 4 is 24.5 Å². The van der Waals surface area contributed by atoms with Gasteiger partial charge in [0.1, 0.15) is 5.60 Å². The first-order chi connectivity index (χ1) is 10.8. The van der Waals surface area contributed by atoms with Gasteiger partial charge in [-0.15, -0.1) is 0 Å². The summed E-state index contributed by atoms with van der Waals surface area (Å²) in [6, 6.07) is -0.654. The van der Waals surface area contributed by atoms with Gasteiger partial charge in [-0.2, -0.15) is 8.42 Å². The fraction of sp³-hybridized carbons (Fsp3) is 0.938. The molecule has 0 saturated carbocycles. The minimum Gasteiger partial charge on any atom is -0.444 e. The van der Waals surface area contributed by atoms with Gasteiger partial charge in [0, 0.05) is 0 Å². The fourth-order valence-corrected chi connectivity index (χ4v) is 3.33. The number of hydrogen-bond donors (Lipinski definition) is 1. The number of hydrogen-bond acceptors (Lipinski definition) is 6. The third kappa shape index (κ3) is 10.2. The van der Waals surface area contributed by atoms with Gasteiger partial charge in [-0.25, -0.2) is 4.79 Å². The Balaban J connectivity index is 5.17. The Morgan fingerprint density at radius 3 is 1.96 bits per heavy atom. The van der Waals surface area contributed by atoms with Crippen LogP contribution in [0.15, 0.2) is 0 Å². The van der Waals surface area contributed by atoms with Crippen molar-refractivity contribution in [2.24, 2.45) is 0 Å². The molecule has 0 aliphatic heterocycles. The van der Waals surface area contributed by atoms with Gasteiger partial charge in [-0.3, -0.25) is 4.18 Å². The van der Waals surface area contributed by atoms with E-state index in [2.05, 4.69) is 39.2 Å². The maximum absolute atomic E-state index is 12.1. The van der Waals surface area contributed by atoms with Gasteiger partial charge >= 0.3 is 6.09 Å². The summed E-state index contributed by atoms with van der Waals surface area (Å²) in [5, 5.41) is 2.66. The first kappa shape index (κ1) is 24.4. The number of nitrogens with one attached hydrogen (secondary N) is 1. The highest BCUT2D eigenvalue weighted by Crippen LogP contribution is 2.36. The van der Waals surface area contributed by atoms with E-state index in [1.165, 1.54) is 0 Å². The second kappa shape index (κ2) is 8.37. The van der Waals surface area contributed by atoms with Crippen molar-refractivity contribution in [1.82, 2.24) is 5.32 Å². The molecule has 0 radical (unpaired) electrons. The van der Waals surface area contributed by atoms with E-state index in [0.717, 1.165) is 6.26 Å². The molecule has 0 unspecified atom stereocenters. The molecule has 0 bridgehead atoms. The van der Waals surface area contributed by atoms with E-state index in [-0.39, 0.29) is 11.6 Å². The molecular weight excluding hydrogens is 362 g/mol. The predicted octanol–water partition coefficient (Wildman–Crippen LogP) is 3.27. The molecule has 0 aromatic carbocycles. The second-order valence-corrected chi connectivity index (χ2v) is 15.2. The number of alkyl carbamates (subject to hydrolysis) is 1. The van der Waals surface area contributed by atoms with E-state index in [0.29, 0.717) is 0 Å². The zero-order valence-corrected chi connectivity index (χ0v) is 19.0. The van der Waals surface area contributed by atoms with Crippen molar-refractivity contribution in [1.29, 1.82) is 0 Å². The van der Waals surface area contributed by atoms with Gasteiger partial charge < -0.3 is 14.5 Å². The number of amides is 1. The van der Waals surface area contributed by atoms with Crippen LogP contribution in [0.1, 0.15) is 48.5 Å². The zero-order valence-electron chi connectivity index (χ0n) is 17.2. The van der Waals surface area contributed by atoms with Crippen LogP contribution in [0.5, 0.6) is 0 Å². The molecular formula is C16H35NO6SSi. The molecule has 0 spiro atoms. The van der Waals surface area contributed by atoms with Crippen molar-refractivity contribution in [3.63, 3.8) is 0 Å². The minimum absolute atomic E-state index is 0.00953. The molecule has 1 amide bonds. The maximum atomic E-state index is 12.1. The van der Waals surface area contributed by atoms with Gasteiger partial charge in [0.25, 0.3) is 10.1 Å². The summed E-state index contributed by atoms with van der Waals surface area (Å²) in [6.45, 7) is 17.5. The number of carbonyl (C=O) groups is 1. The molecule has 0 rings (SSSR count). The molecule has 0 aromatic heterocycles. The Morgan fingerprint density at radius 1 is 1.12 bits per heavy atom. The SMILES string of the molecule is C[C@H](OS(C)(=O)=O)[C@@H](CO[Si](C)(C)C(C)(C)C)NC(=O)OC(C)(C)C. The molecule has 9 heteroatoms. The lowest BCUT2D eigenvalue weighted by molar-refractivity contribution is 0.0414. The van der Waals surface area contributed by atoms with Gasteiger partial charge in [0.15, 0.2) is 8.32 Å². The van der Waals surface area contributed by atoms with Gasteiger partial charge in [0.05, 0.1) is 25.0 Å². The molecule has 25 heavy (non-hydrogen) atoms. The predicted molar refractivity (Wildman–Crippen MR) is 102 cm³/mol. The van der Waals surface area contributed by atoms with E-state index >= 15 is 0 Å². The molecule has 0 aromatic rings. The molecule has 1 N–H and O–H groups in total.